The highest BCUT2D eigenvalue weighted by atomic mass is 35.5. The van der Waals surface area contributed by atoms with Crippen LogP contribution in [0.2, 0.25) is 0 Å². The summed E-state index contributed by atoms with van der Waals surface area (Å²) < 4.78 is 10.9. The predicted octanol–water partition coefficient (Wildman–Crippen LogP) is 1.71. The molecule has 0 bridgehead atoms. The Balaban J connectivity index is 1.86. The second kappa shape index (κ2) is 6.21. The number of aryl methyl sites for hydroxylation is 1. The minimum atomic E-state index is 0.505. The maximum atomic E-state index is 5.63. The van der Waals surface area contributed by atoms with Gasteiger partial charge in [0.1, 0.15) is 0 Å². The summed E-state index contributed by atoms with van der Waals surface area (Å²) in [5.74, 6) is 1.76. The molecule has 1 aromatic heterocycles. The SMILES string of the molecule is CN(CC1CCOCC1)c1nnc(CCCl)o1. The number of hydrogen-bond donors (Lipinski definition) is 0. The Hall–Kier alpha value is -0.810. The van der Waals surface area contributed by atoms with E-state index in [2.05, 4.69) is 10.2 Å². The summed E-state index contributed by atoms with van der Waals surface area (Å²) in [7, 11) is 1.98. The number of halogens is 1. The van der Waals surface area contributed by atoms with Gasteiger partial charge < -0.3 is 14.1 Å². The van der Waals surface area contributed by atoms with Gasteiger partial charge in [-0.1, -0.05) is 5.10 Å². The van der Waals surface area contributed by atoms with E-state index in [1.807, 2.05) is 11.9 Å². The molecule has 0 N–H and O–H groups in total. The van der Waals surface area contributed by atoms with Gasteiger partial charge in [-0.3, -0.25) is 0 Å². The first-order valence-corrected chi connectivity index (χ1v) is 6.50. The van der Waals surface area contributed by atoms with Crippen LogP contribution in [0.4, 0.5) is 6.01 Å². The molecule has 0 unspecified atom stereocenters. The Bertz CT molecular complexity index is 339. The highest BCUT2D eigenvalue weighted by molar-refractivity contribution is 6.17. The molecule has 2 heterocycles. The van der Waals surface area contributed by atoms with Crippen LogP contribution in [0.15, 0.2) is 4.42 Å². The van der Waals surface area contributed by atoms with E-state index in [1.165, 1.54) is 0 Å². The maximum absolute atomic E-state index is 5.63. The van der Waals surface area contributed by atoms with Crippen molar-refractivity contribution in [2.24, 2.45) is 5.92 Å². The highest BCUT2D eigenvalue weighted by Crippen LogP contribution is 2.19. The van der Waals surface area contributed by atoms with Crippen molar-refractivity contribution in [1.29, 1.82) is 0 Å². The van der Waals surface area contributed by atoms with Crippen molar-refractivity contribution in [2.45, 2.75) is 19.3 Å². The van der Waals surface area contributed by atoms with E-state index in [0.717, 1.165) is 32.6 Å². The lowest BCUT2D eigenvalue weighted by Crippen LogP contribution is -2.29. The molecule has 0 saturated carbocycles. The molecule has 0 atom stereocenters. The summed E-state index contributed by atoms with van der Waals surface area (Å²) in [6.07, 6.45) is 2.83. The first-order chi connectivity index (χ1) is 8.29. The zero-order chi connectivity index (χ0) is 12.1. The molecule has 17 heavy (non-hydrogen) atoms. The van der Waals surface area contributed by atoms with Gasteiger partial charge in [-0.2, -0.15) is 0 Å². The molecule has 2 rings (SSSR count). The van der Waals surface area contributed by atoms with Gasteiger partial charge in [-0.15, -0.1) is 16.7 Å². The van der Waals surface area contributed by atoms with Gasteiger partial charge in [0.15, 0.2) is 0 Å². The van der Waals surface area contributed by atoms with E-state index in [0.29, 0.717) is 30.1 Å². The predicted molar refractivity (Wildman–Crippen MR) is 65.5 cm³/mol. The van der Waals surface area contributed by atoms with Gasteiger partial charge >= 0.3 is 6.01 Å². The van der Waals surface area contributed by atoms with Crippen molar-refractivity contribution in [3.63, 3.8) is 0 Å². The van der Waals surface area contributed by atoms with Crippen LogP contribution >= 0.6 is 11.6 Å². The summed E-state index contributed by atoms with van der Waals surface area (Å²) in [6.45, 7) is 2.66. The van der Waals surface area contributed by atoms with Gasteiger partial charge in [0, 0.05) is 39.1 Å². The lowest BCUT2D eigenvalue weighted by molar-refractivity contribution is 0.0682. The molecule has 0 aliphatic carbocycles. The van der Waals surface area contributed by atoms with Crippen molar-refractivity contribution < 1.29 is 9.15 Å². The van der Waals surface area contributed by atoms with Crippen LogP contribution in [-0.4, -0.2) is 42.9 Å². The number of rotatable bonds is 5. The monoisotopic (exact) mass is 259 g/mol. The smallest absolute Gasteiger partial charge is 0.317 e. The first kappa shape index (κ1) is 12.6. The summed E-state index contributed by atoms with van der Waals surface area (Å²) in [5.41, 5.74) is 0. The van der Waals surface area contributed by atoms with Crippen molar-refractivity contribution in [3.05, 3.63) is 5.89 Å². The van der Waals surface area contributed by atoms with E-state index in [9.17, 15) is 0 Å². The van der Waals surface area contributed by atoms with Crippen LogP contribution in [0.1, 0.15) is 18.7 Å². The van der Waals surface area contributed by atoms with Crippen LogP contribution in [0.3, 0.4) is 0 Å². The van der Waals surface area contributed by atoms with Gasteiger partial charge in [0.05, 0.1) is 0 Å². The van der Waals surface area contributed by atoms with Gasteiger partial charge in [0.25, 0.3) is 0 Å². The Morgan fingerprint density at radius 3 is 2.82 bits per heavy atom. The molecule has 1 fully saturated rings. The van der Waals surface area contributed by atoms with Crippen LogP contribution in [0.25, 0.3) is 0 Å². The summed E-state index contributed by atoms with van der Waals surface area (Å²) in [6, 6.07) is 0.580. The van der Waals surface area contributed by atoms with E-state index in [-0.39, 0.29) is 0 Å². The molecule has 1 aliphatic heterocycles. The van der Waals surface area contributed by atoms with Crippen LogP contribution in [0, 0.1) is 5.92 Å². The molecule has 6 heteroatoms. The minimum absolute atomic E-state index is 0.505. The van der Waals surface area contributed by atoms with E-state index >= 15 is 0 Å². The Labute approximate surface area is 106 Å². The fraction of sp³-hybridized carbons (Fsp3) is 0.818. The molecular weight excluding hydrogens is 242 g/mol. The fourth-order valence-electron chi connectivity index (χ4n) is 1.98. The van der Waals surface area contributed by atoms with Crippen LogP contribution in [-0.2, 0) is 11.2 Å². The van der Waals surface area contributed by atoms with E-state index in [4.69, 9.17) is 20.8 Å². The third-order valence-corrected chi connectivity index (χ3v) is 3.15. The number of alkyl halides is 1. The minimum Gasteiger partial charge on any atom is -0.408 e. The third kappa shape index (κ3) is 3.57. The lowest BCUT2D eigenvalue weighted by Gasteiger charge is -2.25. The Morgan fingerprint density at radius 2 is 2.12 bits per heavy atom. The molecule has 1 saturated heterocycles. The molecule has 0 amide bonds. The number of ether oxygens (including phenoxy) is 1. The van der Waals surface area contributed by atoms with Crippen molar-refractivity contribution in [1.82, 2.24) is 10.2 Å². The van der Waals surface area contributed by atoms with Crippen LogP contribution in [0.5, 0.6) is 0 Å². The molecule has 96 valence electrons. The number of nitrogens with zero attached hydrogens (tertiary/aromatic N) is 3. The normalized spacial score (nSPS) is 17.3. The standard InChI is InChI=1S/C11H18ClN3O2/c1-15(8-9-3-6-16-7-4-9)11-14-13-10(17-11)2-5-12/h9H,2-8H2,1H3. The summed E-state index contributed by atoms with van der Waals surface area (Å²) in [4.78, 5) is 2.01. The number of aromatic nitrogens is 2. The van der Waals surface area contributed by atoms with Crippen molar-refractivity contribution >= 4 is 17.6 Å². The number of anilines is 1. The second-order valence-electron chi connectivity index (χ2n) is 4.35. The highest BCUT2D eigenvalue weighted by Gasteiger charge is 2.18. The molecule has 1 aliphatic rings. The van der Waals surface area contributed by atoms with Crippen molar-refractivity contribution in [3.8, 4) is 0 Å². The molecule has 1 aromatic rings. The average Bonchev–Trinajstić information content (AvgIpc) is 2.79. The quantitative estimate of drug-likeness (QED) is 0.754. The molecule has 5 nitrogen and oxygen atoms in total. The zero-order valence-corrected chi connectivity index (χ0v) is 10.8. The zero-order valence-electron chi connectivity index (χ0n) is 10.1. The van der Waals surface area contributed by atoms with E-state index < -0.39 is 0 Å². The maximum Gasteiger partial charge on any atom is 0.317 e. The summed E-state index contributed by atoms with van der Waals surface area (Å²) in [5, 5.41) is 7.97. The van der Waals surface area contributed by atoms with Gasteiger partial charge in [-0.05, 0) is 18.8 Å². The lowest BCUT2D eigenvalue weighted by atomic mass is 10.0. The Morgan fingerprint density at radius 1 is 1.35 bits per heavy atom. The average molecular weight is 260 g/mol. The van der Waals surface area contributed by atoms with Gasteiger partial charge in [0.2, 0.25) is 5.89 Å². The van der Waals surface area contributed by atoms with Crippen LogP contribution < -0.4 is 4.90 Å². The first-order valence-electron chi connectivity index (χ1n) is 5.97. The number of hydrogen-bond acceptors (Lipinski definition) is 5. The second-order valence-corrected chi connectivity index (χ2v) is 4.73. The summed E-state index contributed by atoms with van der Waals surface area (Å²) >= 11 is 5.63. The molecule has 0 radical (unpaired) electrons. The largest absolute Gasteiger partial charge is 0.408 e. The Kier molecular flexibility index (Phi) is 4.62. The van der Waals surface area contributed by atoms with Crippen molar-refractivity contribution in [2.75, 3.05) is 37.6 Å². The van der Waals surface area contributed by atoms with Gasteiger partial charge in [-0.25, -0.2) is 0 Å². The topological polar surface area (TPSA) is 51.4 Å². The molecule has 0 aromatic carbocycles. The molecular formula is C11H18ClN3O2. The van der Waals surface area contributed by atoms with E-state index in [1.54, 1.807) is 0 Å². The third-order valence-electron chi connectivity index (χ3n) is 2.96. The fourth-order valence-corrected chi connectivity index (χ4v) is 2.14. The molecule has 0 spiro atoms.